The van der Waals surface area contributed by atoms with Gasteiger partial charge in [0, 0.05) is 23.7 Å². The largest absolute Gasteiger partial charge is 0.397 e. The van der Waals surface area contributed by atoms with E-state index in [1.165, 1.54) is 0 Å². The van der Waals surface area contributed by atoms with Gasteiger partial charge in [-0.3, -0.25) is 14.8 Å². The Labute approximate surface area is 110 Å². The van der Waals surface area contributed by atoms with Crippen LogP contribution in [0.25, 0.3) is 0 Å². The lowest BCUT2D eigenvalue weighted by Crippen LogP contribution is -2.14. The van der Waals surface area contributed by atoms with Crippen LogP contribution in [0.5, 0.6) is 0 Å². The lowest BCUT2D eigenvalue weighted by atomic mass is 10.3. The van der Waals surface area contributed by atoms with E-state index in [9.17, 15) is 18.5 Å². The van der Waals surface area contributed by atoms with Crippen LogP contribution in [0.1, 0.15) is 0 Å². The second-order valence-corrected chi connectivity index (χ2v) is 5.64. The van der Waals surface area contributed by atoms with E-state index in [4.69, 9.17) is 5.73 Å². The normalized spacial score (nSPS) is 11.2. The third kappa shape index (κ3) is 2.74. The van der Waals surface area contributed by atoms with Crippen LogP contribution < -0.4 is 10.5 Å². The van der Waals surface area contributed by atoms with Crippen LogP contribution in [0.3, 0.4) is 0 Å². The number of anilines is 2. The standard InChI is InChI=1S/C7H6N6O4S2/c8-5-3-4(13(14)15)1-2-6(5)19(16,17)10-7-9-11-12-18-7/h1-3H,8H2,(H,9,10,12). The smallest absolute Gasteiger partial charge is 0.271 e. The van der Waals surface area contributed by atoms with Crippen molar-refractivity contribution in [3.05, 3.63) is 28.3 Å². The van der Waals surface area contributed by atoms with Gasteiger partial charge < -0.3 is 5.73 Å². The molecule has 10 nitrogen and oxygen atoms in total. The molecule has 0 fully saturated rings. The molecule has 19 heavy (non-hydrogen) atoms. The molecule has 2 rings (SSSR count). The minimum atomic E-state index is -3.99. The molecule has 0 amide bonds. The van der Waals surface area contributed by atoms with Gasteiger partial charge >= 0.3 is 0 Å². The van der Waals surface area contributed by atoms with Gasteiger partial charge in [0.1, 0.15) is 4.90 Å². The highest BCUT2D eigenvalue weighted by molar-refractivity contribution is 7.93. The summed E-state index contributed by atoms with van der Waals surface area (Å²) in [6, 6.07) is 3.06. The summed E-state index contributed by atoms with van der Waals surface area (Å²) in [6.07, 6.45) is 0. The number of aromatic nitrogens is 3. The van der Waals surface area contributed by atoms with Crippen molar-refractivity contribution in [2.45, 2.75) is 4.90 Å². The molecule has 1 heterocycles. The van der Waals surface area contributed by atoms with Gasteiger partial charge in [0.2, 0.25) is 5.13 Å². The van der Waals surface area contributed by atoms with Crippen LogP contribution >= 0.6 is 11.5 Å². The molecular weight excluding hydrogens is 296 g/mol. The van der Waals surface area contributed by atoms with Crippen LogP contribution in [-0.4, -0.2) is 28.1 Å². The fourth-order valence-corrected chi connectivity index (χ4v) is 2.94. The van der Waals surface area contributed by atoms with Crippen molar-refractivity contribution >= 4 is 38.1 Å². The van der Waals surface area contributed by atoms with Crippen LogP contribution in [-0.2, 0) is 10.0 Å². The van der Waals surface area contributed by atoms with Crippen LogP contribution in [0, 0.1) is 10.1 Å². The Morgan fingerprint density at radius 2 is 2.16 bits per heavy atom. The van der Waals surface area contributed by atoms with Crippen molar-refractivity contribution in [3.8, 4) is 0 Å². The van der Waals surface area contributed by atoms with Gasteiger partial charge in [-0.15, -0.1) is 0 Å². The van der Waals surface area contributed by atoms with E-state index in [2.05, 4.69) is 19.5 Å². The molecule has 1 aromatic carbocycles. The molecule has 2 aromatic rings. The number of nitrogens with zero attached hydrogens (tertiary/aromatic N) is 4. The number of rotatable bonds is 4. The summed E-state index contributed by atoms with van der Waals surface area (Å²) in [5.41, 5.74) is 4.97. The molecule has 1 aromatic heterocycles. The molecule has 12 heteroatoms. The van der Waals surface area contributed by atoms with E-state index in [0.29, 0.717) is 0 Å². The van der Waals surface area contributed by atoms with Gasteiger partial charge in [-0.1, -0.05) is 9.59 Å². The topological polar surface area (TPSA) is 154 Å². The van der Waals surface area contributed by atoms with Crippen molar-refractivity contribution in [1.82, 2.24) is 14.8 Å². The minimum Gasteiger partial charge on any atom is -0.397 e. The molecule has 0 atom stereocenters. The summed E-state index contributed by atoms with van der Waals surface area (Å²) in [7, 11) is -3.99. The zero-order chi connectivity index (χ0) is 14.0. The van der Waals surface area contributed by atoms with Gasteiger partial charge in [0.25, 0.3) is 15.7 Å². The molecule has 0 aliphatic rings. The van der Waals surface area contributed by atoms with Crippen LogP contribution in [0.2, 0.25) is 0 Å². The maximum Gasteiger partial charge on any atom is 0.271 e. The highest BCUT2D eigenvalue weighted by atomic mass is 32.2. The molecule has 0 saturated carbocycles. The van der Waals surface area contributed by atoms with Gasteiger partial charge in [0.05, 0.1) is 10.6 Å². The van der Waals surface area contributed by atoms with Crippen molar-refractivity contribution in [2.75, 3.05) is 10.5 Å². The average molecular weight is 302 g/mol. The molecule has 3 N–H and O–H groups in total. The second-order valence-electron chi connectivity index (χ2n) is 3.25. The lowest BCUT2D eigenvalue weighted by molar-refractivity contribution is -0.384. The Morgan fingerprint density at radius 1 is 1.42 bits per heavy atom. The SMILES string of the molecule is Nc1cc([N+](=O)[O-])ccc1S(=O)(=O)Nc1nnns1. The van der Waals surface area contributed by atoms with E-state index in [1.807, 2.05) is 0 Å². The highest BCUT2D eigenvalue weighted by Gasteiger charge is 2.21. The number of nitrogens with two attached hydrogens (primary N) is 1. The van der Waals surface area contributed by atoms with Gasteiger partial charge in [-0.25, -0.2) is 8.42 Å². The first kappa shape index (κ1) is 13.1. The molecule has 0 aliphatic heterocycles. The monoisotopic (exact) mass is 302 g/mol. The molecule has 0 unspecified atom stereocenters. The Kier molecular flexibility index (Phi) is 3.26. The number of sulfonamides is 1. The van der Waals surface area contributed by atoms with Crippen LogP contribution in [0.4, 0.5) is 16.5 Å². The molecular formula is C7H6N6O4S2. The van der Waals surface area contributed by atoms with E-state index in [0.717, 1.165) is 29.7 Å². The van der Waals surface area contributed by atoms with Crippen molar-refractivity contribution < 1.29 is 13.3 Å². The minimum absolute atomic E-state index is 0.0299. The first-order valence-corrected chi connectivity index (χ1v) is 6.87. The number of nitrogens with one attached hydrogen (secondary N) is 1. The van der Waals surface area contributed by atoms with Crippen molar-refractivity contribution in [3.63, 3.8) is 0 Å². The Balaban J connectivity index is 2.38. The summed E-state index contributed by atoms with van der Waals surface area (Å²) in [5, 5.41) is 17.2. The number of nitro benzene ring substituents is 1. The van der Waals surface area contributed by atoms with E-state index in [-0.39, 0.29) is 21.4 Å². The van der Waals surface area contributed by atoms with Gasteiger partial charge in [-0.2, -0.15) is 0 Å². The summed E-state index contributed by atoms with van der Waals surface area (Å²) in [6.45, 7) is 0. The zero-order valence-electron chi connectivity index (χ0n) is 9.05. The second kappa shape index (κ2) is 4.74. The molecule has 100 valence electrons. The Morgan fingerprint density at radius 3 is 2.68 bits per heavy atom. The number of hydrogen-bond donors (Lipinski definition) is 2. The van der Waals surface area contributed by atoms with Crippen molar-refractivity contribution in [2.24, 2.45) is 0 Å². The van der Waals surface area contributed by atoms with Crippen LogP contribution in [0.15, 0.2) is 23.1 Å². The molecule has 0 bridgehead atoms. The number of nitrogen functional groups attached to an aromatic ring is 1. The summed E-state index contributed by atoms with van der Waals surface area (Å²) in [4.78, 5) is 9.57. The average Bonchev–Trinajstić information content (AvgIpc) is 2.80. The zero-order valence-corrected chi connectivity index (χ0v) is 10.7. The maximum absolute atomic E-state index is 12.0. The summed E-state index contributed by atoms with van der Waals surface area (Å²) < 4.78 is 29.4. The summed E-state index contributed by atoms with van der Waals surface area (Å²) in [5.74, 6) is 0. The van der Waals surface area contributed by atoms with Gasteiger partial charge in [-0.05, 0) is 11.3 Å². The van der Waals surface area contributed by atoms with Gasteiger partial charge in [0.15, 0.2) is 0 Å². The maximum atomic E-state index is 12.0. The number of hydrogen-bond acceptors (Lipinski definition) is 9. The fraction of sp³-hybridized carbons (Fsp3) is 0. The highest BCUT2D eigenvalue weighted by Crippen LogP contribution is 2.25. The predicted octanol–water partition coefficient (Wildman–Crippen LogP) is 0.224. The molecule has 0 radical (unpaired) electrons. The third-order valence-electron chi connectivity index (χ3n) is 2.01. The van der Waals surface area contributed by atoms with E-state index >= 15 is 0 Å². The molecule has 0 saturated heterocycles. The third-order valence-corrected chi connectivity index (χ3v) is 4.07. The molecule has 0 aliphatic carbocycles. The first-order chi connectivity index (χ1) is 8.90. The van der Waals surface area contributed by atoms with E-state index in [1.54, 1.807) is 0 Å². The first-order valence-electron chi connectivity index (χ1n) is 4.62. The number of benzene rings is 1. The summed E-state index contributed by atoms with van der Waals surface area (Å²) >= 11 is 0.747. The Bertz CT molecular complexity index is 713. The Hall–Kier alpha value is -2.34. The fourth-order valence-electron chi connectivity index (χ4n) is 1.24. The lowest BCUT2D eigenvalue weighted by Gasteiger charge is -2.06. The number of non-ortho nitro benzene ring substituents is 1. The molecule has 0 spiro atoms. The quantitative estimate of drug-likeness (QED) is 0.462. The number of nitro groups is 1. The van der Waals surface area contributed by atoms with Crippen molar-refractivity contribution in [1.29, 1.82) is 0 Å². The van der Waals surface area contributed by atoms with E-state index < -0.39 is 14.9 Å². The predicted molar refractivity (Wildman–Crippen MR) is 66.0 cm³/mol.